The molecule has 2 aromatic rings. The maximum atomic E-state index is 12.1. The Balaban J connectivity index is 1.77. The number of thiophene rings is 1. The molecular formula is C17H20N2O2S. The van der Waals surface area contributed by atoms with Gasteiger partial charge in [0, 0.05) is 37.5 Å². The zero-order valence-electron chi connectivity index (χ0n) is 12.8. The van der Waals surface area contributed by atoms with Crippen LogP contribution in [0.1, 0.15) is 27.9 Å². The predicted octanol–water partition coefficient (Wildman–Crippen LogP) is 2.84. The van der Waals surface area contributed by atoms with Crippen LogP contribution in [0.25, 0.3) is 0 Å². The largest absolute Gasteiger partial charge is 0.351 e. The molecule has 1 aromatic heterocycles. The van der Waals surface area contributed by atoms with E-state index in [1.165, 1.54) is 16.9 Å². The lowest BCUT2D eigenvalue weighted by Crippen LogP contribution is -2.31. The van der Waals surface area contributed by atoms with Gasteiger partial charge in [-0.1, -0.05) is 24.3 Å². The average Bonchev–Trinajstić information content (AvgIpc) is 3.03. The molecule has 0 unspecified atom stereocenters. The van der Waals surface area contributed by atoms with Crippen molar-refractivity contribution in [3.63, 3.8) is 0 Å². The van der Waals surface area contributed by atoms with E-state index in [1.54, 1.807) is 23.4 Å². The van der Waals surface area contributed by atoms with E-state index >= 15 is 0 Å². The summed E-state index contributed by atoms with van der Waals surface area (Å²) in [5.74, 6) is -0.107. The number of rotatable bonds is 6. The second-order valence-electron chi connectivity index (χ2n) is 5.19. The van der Waals surface area contributed by atoms with Gasteiger partial charge < -0.3 is 10.2 Å². The smallest absolute Gasteiger partial charge is 0.252 e. The van der Waals surface area contributed by atoms with Crippen LogP contribution < -0.4 is 5.32 Å². The number of carbonyl (C=O) groups is 2. The summed E-state index contributed by atoms with van der Waals surface area (Å²) in [6.07, 6.45) is 0.304. The third kappa shape index (κ3) is 4.43. The molecule has 0 spiro atoms. The monoisotopic (exact) mass is 316 g/mol. The Kier molecular flexibility index (Phi) is 5.72. The van der Waals surface area contributed by atoms with Gasteiger partial charge in [-0.05, 0) is 29.5 Å². The van der Waals surface area contributed by atoms with Crippen LogP contribution in [0.15, 0.2) is 41.1 Å². The molecule has 2 amide bonds. The molecule has 0 radical (unpaired) electrons. The third-order valence-corrected chi connectivity index (χ3v) is 4.19. The van der Waals surface area contributed by atoms with Crippen molar-refractivity contribution in [3.8, 4) is 0 Å². The van der Waals surface area contributed by atoms with Crippen molar-refractivity contribution in [2.24, 2.45) is 0 Å². The summed E-state index contributed by atoms with van der Waals surface area (Å²) in [6, 6.07) is 9.79. The van der Waals surface area contributed by atoms with Crippen LogP contribution in [0.5, 0.6) is 0 Å². The highest BCUT2D eigenvalue weighted by atomic mass is 32.1. The van der Waals surface area contributed by atoms with Crippen molar-refractivity contribution in [1.82, 2.24) is 10.2 Å². The van der Waals surface area contributed by atoms with Crippen LogP contribution in [0.3, 0.4) is 0 Å². The van der Waals surface area contributed by atoms with Gasteiger partial charge in [0.1, 0.15) is 0 Å². The molecule has 0 saturated heterocycles. The summed E-state index contributed by atoms with van der Waals surface area (Å²) in [6.45, 7) is 2.98. The molecule has 0 fully saturated rings. The van der Waals surface area contributed by atoms with Crippen molar-refractivity contribution in [3.05, 3.63) is 57.8 Å². The van der Waals surface area contributed by atoms with Gasteiger partial charge >= 0.3 is 0 Å². The van der Waals surface area contributed by atoms with Gasteiger partial charge in [-0.2, -0.15) is 11.3 Å². The van der Waals surface area contributed by atoms with E-state index in [4.69, 9.17) is 0 Å². The number of carbonyl (C=O) groups excluding carboxylic acids is 2. The topological polar surface area (TPSA) is 49.4 Å². The maximum Gasteiger partial charge on any atom is 0.252 e. The van der Waals surface area contributed by atoms with Gasteiger partial charge in [0.05, 0.1) is 0 Å². The molecule has 0 bridgehead atoms. The fraction of sp³-hybridized carbons (Fsp3) is 0.294. The molecule has 0 aliphatic heterocycles. The highest BCUT2D eigenvalue weighted by molar-refractivity contribution is 7.08. The summed E-state index contributed by atoms with van der Waals surface area (Å²) < 4.78 is 0. The van der Waals surface area contributed by atoms with Gasteiger partial charge in [-0.3, -0.25) is 9.59 Å². The summed E-state index contributed by atoms with van der Waals surface area (Å²) in [5.41, 5.74) is 2.96. The fourth-order valence-corrected chi connectivity index (χ4v) is 2.74. The minimum absolute atomic E-state index is 0.0221. The molecule has 116 valence electrons. The van der Waals surface area contributed by atoms with E-state index in [2.05, 4.69) is 5.32 Å². The lowest BCUT2D eigenvalue weighted by atomic mass is 10.1. The number of benzene rings is 1. The van der Waals surface area contributed by atoms with Crippen molar-refractivity contribution in [2.45, 2.75) is 19.9 Å². The number of hydrogen-bond acceptors (Lipinski definition) is 3. The Morgan fingerprint density at radius 2 is 2.00 bits per heavy atom. The van der Waals surface area contributed by atoms with Crippen molar-refractivity contribution >= 4 is 23.2 Å². The summed E-state index contributed by atoms with van der Waals surface area (Å²) in [5, 5.41) is 6.42. The van der Waals surface area contributed by atoms with E-state index in [-0.39, 0.29) is 11.8 Å². The Bertz CT molecular complexity index is 638. The fourth-order valence-electron chi connectivity index (χ4n) is 2.10. The molecule has 22 heavy (non-hydrogen) atoms. The molecule has 0 atom stereocenters. The van der Waals surface area contributed by atoms with E-state index < -0.39 is 0 Å². The normalized spacial score (nSPS) is 10.3. The molecule has 0 saturated carbocycles. The van der Waals surface area contributed by atoms with E-state index in [0.29, 0.717) is 25.1 Å². The first-order valence-corrected chi connectivity index (χ1v) is 8.11. The predicted molar refractivity (Wildman–Crippen MR) is 88.9 cm³/mol. The van der Waals surface area contributed by atoms with Crippen molar-refractivity contribution in [1.29, 1.82) is 0 Å². The van der Waals surface area contributed by atoms with E-state index in [0.717, 1.165) is 5.56 Å². The minimum atomic E-state index is -0.129. The molecule has 0 aliphatic rings. The Hall–Kier alpha value is -2.14. The zero-order chi connectivity index (χ0) is 15.9. The molecule has 1 N–H and O–H groups in total. The van der Waals surface area contributed by atoms with E-state index in [9.17, 15) is 9.59 Å². The van der Waals surface area contributed by atoms with Crippen LogP contribution in [-0.4, -0.2) is 30.3 Å². The quantitative estimate of drug-likeness (QED) is 0.891. The Morgan fingerprint density at radius 3 is 2.68 bits per heavy atom. The maximum absolute atomic E-state index is 12.1. The molecule has 2 rings (SSSR count). The van der Waals surface area contributed by atoms with Crippen LogP contribution in [0.4, 0.5) is 0 Å². The summed E-state index contributed by atoms with van der Waals surface area (Å²) >= 11 is 1.48. The average molecular weight is 316 g/mol. The lowest BCUT2D eigenvalue weighted by Gasteiger charge is -2.18. The number of aryl methyl sites for hydroxylation is 1. The highest BCUT2D eigenvalue weighted by Crippen LogP contribution is 2.10. The van der Waals surface area contributed by atoms with Gasteiger partial charge in [0.25, 0.3) is 5.91 Å². The highest BCUT2D eigenvalue weighted by Gasteiger charge is 2.11. The second kappa shape index (κ2) is 7.75. The third-order valence-electron chi connectivity index (χ3n) is 3.50. The molecule has 1 aromatic carbocycles. The number of nitrogens with one attached hydrogen (secondary N) is 1. The molecule has 4 nitrogen and oxygen atoms in total. The first kappa shape index (κ1) is 16.2. The molecule has 0 aliphatic carbocycles. The number of hydrogen-bond donors (Lipinski definition) is 1. The Labute approximate surface area is 134 Å². The molecule has 5 heteroatoms. The van der Waals surface area contributed by atoms with E-state index in [1.807, 2.05) is 36.6 Å². The molecule has 1 heterocycles. The lowest BCUT2D eigenvalue weighted by molar-refractivity contribution is -0.130. The van der Waals surface area contributed by atoms with Crippen LogP contribution in [-0.2, 0) is 11.3 Å². The van der Waals surface area contributed by atoms with Gasteiger partial charge in [0.2, 0.25) is 5.91 Å². The first-order chi connectivity index (χ1) is 10.6. The summed E-state index contributed by atoms with van der Waals surface area (Å²) in [4.78, 5) is 25.6. The van der Waals surface area contributed by atoms with Gasteiger partial charge in [0.15, 0.2) is 0 Å². The molecular weight excluding hydrogens is 296 g/mol. The second-order valence-corrected chi connectivity index (χ2v) is 5.97. The summed E-state index contributed by atoms with van der Waals surface area (Å²) in [7, 11) is 1.79. The Morgan fingerprint density at radius 1 is 1.23 bits per heavy atom. The zero-order valence-corrected chi connectivity index (χ0v) is 13.7. The van der Waals surface area contributed by atoms with Crippen molar-refractivity contribution in [2.75, 3.05) is 13.6 Å². The van der Waals surface area contributed by atoms with Crippen molar-refractivity contribution < 1.29 is 9.59 Å². The SMILES string of the molecule is Cc1ccccc1CN(C)C(=O)CCNC(=O)c1ccsc1. The number of nitrogens with zero attached hydrogens (tertiary/aromatic N) is 1. The van der Waals surface area contributed by atoms with Gasteiger partial charge in [-0.15, -0.1) is 0 Å². The van der Waals surface area contributed by atoms with Gasteiger partial charge in [-0.25, -0.2) is 0 Å². The van der Waals surface area contributed by atoms with Crippen LogP contribution >= 0.6 is 11.3 Å². The van der Waals surface area contributed by atoms with Crippen LogP contribution in [0.2, 0.25) is 0 Å². The minimum Gasteiger partial charge on any atom is -0.351 e. The standard InChI is InChI=1S/C17H20N2O2S/c1-13-5-3-4-6-14(13)11-19(2)16(20)7-9-18-17(21)15-8-10-22-12-15/h3-6,8,10,12H,7,9,11H2,1-2H3,(H,18,21). The first-order valence-electron chi connectivity index (χ1n) is 7.17. The number of amides is 2. The van der Waals surface area contributed by atoms with Crippen LogP contribution in [0, 0.1) is 6.92 Å².